The minimum atomic E-state index is -0.576. The van der Waals surface area contributed by atoms with Crippen molar-refractivity contribution >= 4 is 11.6 Å². The summed E-state index contributed by atoms with van der Waals surface area (Å²) in [5.74, 6) is 1.61. The van der Waals surface area contributed by atoms with E-state index in [1.54, 1.807) is 0 Å². The Hall–Kier alpha value is -0.540. The highest BCUT2D eigenvalue weighted by Crippen LogP contribution is 2.47. The molecule has 0 aliphatic heterocycles. The number of hydrogen-bond donors (Lipinski definition) is 1. The van der Waals surface area contributed by atoms with Crippen LogP contribution in [0.15, 0.2) is 0 Å². The van der Waals surface area contributed by atoms with Crippen LogP contribution in [0, 0.1) is 11.8 Å². The molecule has 2 fully saturated rings. The first-order chi connectivity index (χ1) is 10.1. The van der Waals surface area contributed by atoms with E-state index in [1.165, 1.54) is 19.3 Å². The zero-order valence-electron chi connectivity index (χ0n) is 13.2. The van der Waals surface area contributed by atoms with Gasteiger partial charge in [-0.15, -0.1) is 0 Å². The van der Waals surface area contributed by atoms with Crippen molar-refractivity contribution in [3.63, 3.8) is 0 Å². The van der Waals surface area contributed by atoms with E-state index >= 15 is 0 Å². The Kier molecular flexibility index (Phi) is 4.33. The van der Waals surface area contributed by atoms with Crippen LogP contribution in [-0.4, -0.2) is 20.5 Å². The first-order valence-electron chi connectivity index (χ1n) is 8.52. The first kappa shape index (κ1) is 15.4. The van der Waals surface area contributed by atoms with Crippen LogP contribution in [0.2, 0.25) is 5.02 Å². The third-order valence-electron chi connectivity index (χ3n) is 5.34. The number of hydrogen-bond acceptors (Lipinski definition) is 2. The molecule has 1 heterocycles. The van der Waals surface area contributed by atoms with Crippen molar-refractivity contribution in [2.24, 2.45) is 11.8 Å². The fraction of sp³-hybridized carbons (Fsp3) is 0.824. The summed E-state index contributed by atoms with van der Waals surface area (Å²) in [6, 6.07) is 0. The second-order valence-electron chi connectivity index (χ2n) is 6.97. The summed E-state index contributed by atoms with van der Waals surface area (Å²) in [4.78, 5) is 0. The molecular formula is C17H27ClN2O. The fourth-order valence-electron chi connectivity index (χ4n) is 4.01. The highest BCUT2D eigenvalue weighted by atomic mass is 35.5. The SMILES string of the molecule is CCc1nn(CC)c(CC2(O)CCCC(C3CC3)C2)c1Cl. The fourth-order valence-corrected chi connectivity index (χ4v) is 4.35. The van der Waals surface area contributed by atoms with Crippen LogP contribution >= 0.6 is 11.6 Å². The summed E-state index contributed by atoms with van der Waals surface area (Å²) in [5, 5.41) is 16.5. The van der Waals surface area contributed by atoms with Gasteiger partial charge in [0.2, 0.25) is 0 Å². The monoisotopic (exact) mass is 310 g/mol. The molecule has 0 amide bonds. The molecule has 21 heavy (non-hydrogen) atoms. The topological polar surface area (TPSA) is 38.0 Å². The molecule has 2 saturated carbocycles. The van der Waals surface area contributed by atoms with Crippen molar-refractivity contribution in [2.75, 3.05) is 0 Å². The lowest BCUT2D eigenvalue weighted by Crippen LogP contribution is -2.38. The lowest BCUT2D eigenvalue weighted by atomic mass is 9.74. The quantitative estimate of drug-likeness (QED) is 0.893. The van der Waals surface area contributed by atoms with E-state index in [9.17, 15) is 5.11 Å². The Bertz CT molecular complexity index is 509. The summed E-state index contributed by atoms with van der Waals surface area (Å²) in [6.07, 6.45) is 8.55. The van der Waals surface area contributed by atoms with Crippen LogP contribution in [0.25, 0.3) is 0 Å². The molecule has 2 aliphatic rings. The second kappa shape index (κ2) is 5.92. The van der Waals surface area contributed by atoms with E-state index in [0.29, 0.717) is 6.42 Å². The van der Waals surface area contributed by atoms with Crippen LogP contribution in [0.3, 0.4) is 0 Å². The summed E-state index contributed by atoms with van der Waals surface area (Å²) in [7, 11) is 0. The number of rotatable bonds is 5. The van der Waals surface area contributed by atoms with E-state index in [-0.39, 0.29) is 0 Å². The molecule has 1 aromatic rings. The van der Waals surface area contributed by atoms with Crippen LogP contribution < -0.4 is 0 Å². The molecule has 118 valence electrons. The second-order valence-corrected chi connectivity index (χ2v) is 7.35. The molecule has 0 spiro atoms. The third-order valence-corrected chi connectivity index (χ3v) is 5.77. The van der Waals surface area contributed by atoms with Crippen molar-refractivity contribution in [1.82, 2.24) is 9.78 Å². The van der Waals surface area contributed by atoms with Crippen molar-refractivity contribution in [2.45, 2.75) is 77.4 Å². The predicted octanol–water partition coefficient (Wildman–Crippen LogP) is 3.99. The number of aliphatic hydroxyl groups is 1. The van der Waals surface area contributed by atoms with Crippen LogP contribution in [0.5, 0.6) is 0 Å². The van der Waals surface area contributed by atoms with Gasteiger partial charge in [0.1, 0.15) is 0 Å². The molecule has 1 aromatic heterocycles. The lowest BCUT2D eigenvalue weighted by Gasteiger charge is -2.37. The molecule has 2 atom stereocenters. The minimum Gasteiger partial charge on any atom is -0.389 e. The maximum atomic E-state index is 11.1. The minimum absolute atomic E-state index is 0.576. The Balaban J connectivity index is 1.79. The van der Waals surface area contributed by atoms with Crippen LogP contribution in [0.1, 0.15) is 63.8 Å². The highest BCUT2D eigenvalue weighted by Gasteiger charge is 2.41. The number of aryl methyl sites for hydroxylation is 2. The van der Waals surface area contributed by atoms with Crippen molar-refractivity contribution in [3.05, 3.63) is 16.4 Å². The van der Waals surface area contributed by atoms with E-state index < -0.39 is 5.60 Å². The van der Waals surface area contributed by atoms with Crippen molar-refractivity contribution < 1.29 is 5.11 Å². The molecule has 0 bridgehead atoms. The molecule has 0 aromatic carbocycles. The molecular weight excluding hydrogens is 284 g/mol. The maximum Gasteiger partial charge on any atom is 0.0850 e. The van der Waals surface area contributed by atoms with Crippen LogP contribution in [-0.2, 0) is 19.4 Å². The zero-order valence-corrected chi connectivity index (χ0v) is 14.0. The third kappa shape index (κ3) is 3.14. The van der Waals surface area contributed by atoms with Crippen molar-refractivity contribution in [1.29, 1.82) is 0 Å². The standard InChI is InChI=1S/C17H27ClN2O/c1-3-14-16(18)15(20(4-2)19-14)11-17(21)9-5-6-13(10-17)12-7-8-12/h12-13,21H,3-11H2,1-2H3. The smallest absolute Gasteiger partial charge is 0.0850 e. The average molecular weight is 311 g/mol. The zero-order chi connectivity index (χ0) is 15.0. The number of halogens is 1. The molecule has 2 unspecified atom stereocenters. The van der Waals surface area contributed by atoms with Gasteiger partial charge in [-0.1, -0.05) is 24.9 Å². The van der Waals surface area contributed by atoms with Gasteiger partial charge in [0, 0.05) is 13.0 Å². The molecule has 3 rings (SSSR count). The molecule has 0 radical (unpaired) electrons. The summed E-state index contributed by atoms with van der Waals surface area (Å²) in [6.45, 7) is 4.98. The van der Waals surface area contributed by atoms with Gasteiger partial charge in [0.05, 0.1) is 22.0 Å². The van der Waals surface area contributed by atoms with Gasteiger partial charge < -0.3 is 5.11 Å². The van der Waals surface area contributed by atoms with E-state index in [4.69, 9.17) is 11.6 Å². The Morgan fingerprint density at radius 3 is 2.67 bits per heavy atom. The number of nitrogens with zero attached hydrogens (tertiary/aromatic N) is 2. The lowest BCUT2D eigenvalue weighted by molar-refractivity contribution is -0.0210. The summed E-state index contributed by atoms with van der Waals surface area (Å²) < 4.78 is 1.99. The molecule has 2 aliphatic carbocycles. The van der Waals surface area contributed by atoms with Gasteiger partial charge in [0.25, 0.3) is 0 Å². The first-order valence-corrected chi connectivity index (χ1v) is 8.90. The van der Waals surface area contributed by atoms with Crippen molar-refractivity contribution in [3.8, 4) is 0 Å². The summed E-state index contributed by atoms with van der Waals surface area (Å²) in [5.41, 5.74) is 1.43. The molecule has 1 N–H and O–H groups in total. The van der Waals surface area contributed by atoms with E-state index in [0.717, 1.165) is 60.5 Å². The highest BCUT2D eigenvalue weighted by molar-refractivity contribution is 6.31. The van der Waals surface area contributed by atoms with E-state index in [1.807, 2.05) is 4.68 Å². The van der Waals surface area contributed by atoms with Gasteiger partial charge in [-0.2, -0.15) is 5.10 Å². The Labute approximate surface area is 132 Å². The largest absolute Gasteiger partial charge is 0.389 e. The van der Waals surface area contributed by atoms with Gasteiger partial charge >= 0.3 is 0 Å². The molecule has 3 nitrogen and oxygen atoms in total. The van der Waals surface area contributed by atoms with Crippen LogP contribution in [0.4, 0.5) is 0 Å². The number of aromatic nitrogens is 2. The average Bonchev–Trinajstić information content (AvgIpc) is 3.27. The molecule has 4 heteroatoms. The maximum absolute atomic E-state index is 11.1. The summed E-state index contributed by atoms with van der Waals surface area (Å²) >= 11 is 6.51. The van der Waals surface area contributed by atoms with Gasteiger partial charge in [-0.3, -0.25) is 4.68 Å². The van der Waals surface area contributed by atoms with E-state index in [2.05, 4.69) is 18.9 Å². The van der Waals surface area contributed by atoms with Gasteiger partial charge in [-0.05, 0) is 57.3 Å². The normalized spacial score (nSPS) is 29.8. The van der Waals surface area contributed by atoms with Gasteiger partial charge in [0.15, 0.2) is 0 Å². The predicted molar refractivity (Wildman–Crippen MR) is 85.6 cm³/mol. The van der Waals surface area contributed by atoms with Gasteiger partial charge in [-0.25, -0.2) is 0 Å². The Morgan fingerprint density at radius 2 is 2.05 bits per heavy atom. The Morgan fingerprint density at radius 1 is 1.29 bits per heavy atom. The molecule has 0 saturated heterocycles.